The second-order valence-corrected chi connectivity index (χ2v) is 8.96. The highest BCUT2D eigenvalue weighted by Crippen LogP contribution is 2.28. The third-order valence-electron chi connectivity index (χ3n) is 6.90. The Balaban J connectivity index is 1.49. The largest absolute Gasteiger partial charge is 0.369 e. The van der Waals surface area contributed by atoms with Gasteiger partial charge in [0.05, 0.1) is 6.04 Å². The Bertz CT molecular complexity index is 846. The van der Waals surface area contributed by atoms with Crippen LogP contribution in [0.25, 0.3) is 0 Å². The highest BCUT2D eigenvalue weighted by molar-refractivity contribution is 5.83. The van der Waals surface area contributed by atoms with E-state index in [1.807, 2.05) is 37.4 Å². The van der Waals surface area contributed by atoms with Crippen LogP contribution in [0.2, 0.25) is 0 Å². The molecule has 0 bridgehead atoms. The number of likely N-dealkylation sites (N-methyl/N-ethyl adjacent to an activating group) is 1. The molecule has 2 N–H and O–H groups in total. The molecule has 1 saturated carbocycles. The first kappa shape index (κ1) is 22.7. The molecule has 1 heterocycles. The van der Waals surface area contributed by atoms with Crippen LogP contribution in [0.1, 0.15) is 43.7 Å². The van der Waals surface area contributed by atoms with Gasteiger partial charge in [-0.1, -0.05) is 49.6 Å². The number of hydrogen-bond acceptors (Lipinski definition) is 4. The molecule has 172 valence electrons. The van der Waals surface area contributed by atoms with Crippen molar-refractivity contribution >= 4 is 11.6 Å². The molecule has 0 spiro atoms. The number of anilines is 1. The molecule has 2 atom stereocenters. The number of benzene rings is 2. The number of carbonyl (C=O) groups excluding carboxylic acids is 1. The molecule has 6 heteroatoms. The van der Waals surface area contributed by atoms with Crippen molar-refractivity contribution in [1.82, 2.24) is 15.5 Å². The number of rotatable bonds is 7. The van der Waals surface area contributed by atoms with Crippen LogP contribution in [-0.4, -0.2) is 56.1 Å². The molecule has 32 heavy (non-hydrogen) atoms. The molecule has 2 aromatic carbocycles. The number of halogens is 1. The van der Waals surface area contributed by atoms with Gasteiger partial charge in [0, 0.05) is 37.9 Å². The average Bonchev–Trinajstić information content (AvgIpc) is 2.84. The van der Waals surface area contributed by atoms with Gasteiger partial charge >= 0.3 is 0 Å². The summed E-state index contributed by atoms with van der Waals surface area (Å²) in [4.78, 5) is 18.1. The summed E-state index contributed by atoms with van der Waals surface area (Å²) in [6.45, 7) is 3.36. The normalized spacial score (nSPS) is 20.0. The average molecular weight is 439 g/mol. The van der Waals surface area contributed by atoms with E-state index in [9.17, 15) is 9.18 Å². The third kappa shape index (κ3) is 5.48. The van der Waals surface area contributed by atoms with E-state index in [0.717, 1.165) is 50.3 Å². The molecule has 1 aliphatic heterocycles. The third-order valence-corrected chi connectivity index (χ3v) is 6.90. The van der Waals surface area contributed by atoms with Gasteiger partial charge < -0.3 is 15.5 Å². The van der Waals surface area contributed by atoms with Gasteiger partial charge in [-0.25, -0.2) is 4.39 Å². The molecule has 2 unspecified atom stereocenters. The molecule has 5 nitrogen and oxygen atoms in total. The second kappa shape index (κ2) is 10.9. The SMILES string of the molecule is CNC(C(=O)NC1CCCCC1)C(c1ccccc1)N1CCN(c2ccc(F)cc2)CC1. The number of amides is 1. The Labute approximate surface area is 191 Å². The molecule has 1 aliphatic carbocycles. The Hall–Kier alpha value is -2.44. The lowest BCUT2D eigenvalue weighted by molar-refractivity contribution is -0.125. The van der Waals surface area contributed by atoms with Crippen molar-refractivity contribution in [2.75, 3.05) is 38.1 Å². The van der Waals surface area contributed by atoms with Crippen molar-refractivity contribution in [3.05, 3.63) is 66.0 Å². The predicted molar refractivity (Wildman–Crippen MR) is 127 cm³/mol. The summed E-state index contributed by atoms with van der Waals surface area (Å²) >= 11 is 0. The molecule has 2 fully saturated rings. The van der Waals surface area contributed by atoms with Crippen LogP contribution in [0.5, 0.6) is 0 Å². The van der Waals surface area contributed by atoms with Crippen LogP contribution in [0, 0.1) is 5.82 Å². The second-order valence-electron chi connectivity index (χ2n) is 8.96. The van der Waals surface area contributed by atoms with Crippen molar-refractivity contribution < 1.29 is 9.18 Å². The zero-order valence-electron chi connectivity index (χ0n) is 19.0. The number of nitrogens with zero attached hydrogens (tertiary/aromatic N) is 2. The van der Waals surface area contributed by atoms with Crippen LogP contribution >= 0.6 is 0 Å². The van der Waals surface area contributed by atoms with E-state index in [1.165, 1.54) is 31.4 Å². The lowest BCUT2D eigenvalue weighted by Crippen LogP contribution is -2.57. The van der Waals surface area contributed by atoms with Gasteiger partial charge in [-0.3, -0.25) is 9.69 Å². The summed E-state index contributed by atoms with van der Waals surface area (Å²) in [5.74, 6) is -0.119. The Morgan fingerprint density at radius 2 is 1.59 bits per heavy atom. The minimum Gasteiger partial charge on any atom is -0.369 e. The highest BCUT2D eigenvalue weighted by atomic mass is 19.1. The van der Waals surface area contributed by atoms with Crippen LogP contribution in [0.3, 0.4) is 0 Å². The standard InChI is InChI=1S/C26H35FN4O/c1-28-24(26(32)29-22-10-6-3-7-11-22)25(20-8-4-2-5-9-20)31-18-16-30(17-19-31)23-14-12-21(27)13-15-23/h2,4-5,8-9,12-15,22,24-25,28H,3,6-7,10-11,16-19H2,1H3,(H,29,32). The topological polar surface area (TPSA) is 47.6 Å². The predicted octanol–water partition coefficient (Wildman–Crippen LogP) is 3.73. The molecule has 1 amide bonds. The van der Waals surface area contributed by atoms with Crippen LogP contribution in [0.15, 0.2) is 54.6 Å². The maximum absolute atomic E-state index is 13.4. The van der Waals surface area contributed by atoms with Gasteiger partial charge in [0.15, 0.2) is 0 Å². The van der Waals surface area contributed by atoms with E-state index < -0.39 is 0 Å². The Morgan fingerprint density at radius 3 is 2.22 bits per heavy atom. The maximum atomic E-state index is 13.4. The molecule has 2 aromatic rings. The summed E-state index contributed by atoms with van der Waals surface area (Å²) in [7, 11) is 1.88. The van der Waals surface area contributed by atoms with E-state index in [1.54, 1.807) is 0 Å². The minimum atomic E-state index is -0.323. The lowest BCUT2D eigenvalue weighted by atomic mass is 9.93. The quantitative estimate of drug-likeness (QED) is 0.692. The highest BCUT2D eigenvalue weighted by Gasteiger charge is 2.35. The van der Waals surface area contributed by atoms with Gasteiger partial charge in [-0.2, -0.15) is 0 Å². The smallest absolute Gasteiger partial charge is 0.239 e. The molecule has 0 radical (unpaired) electrons. The fourth-order valence-electron chi connectivity index (χ4n) is 5.14. The summed E-state index contributed by atoms with van der Waals surface area (Å²) < 4.78 is 13.3. The zero-order chi connectivity index (χ0) is 22.3. The van der Waals surface area contributed by atoms with E-state index >= 15 is 0 Å². The minimum absolute atomic E-state index is 0.0415. The van der Waals surface area contributed by atoms with E-state index in [4.69, 9.17) is 0 Å². The number of piperazine rings is 1. The van der Waals surface area contributed by atoms with E-state index in [-0.39, 0.29) is 23.8 Å². The zero-order valence-corrected chi connectivity index (χ0v) is 19.0. The van der Waals surface area contributed by atoms with Gasteiger partial charge in [0.1, 0.15) is 11.9 Å². The van der Waals surface area contributed by atoms with Crippen LogP contribution < -0.4 is 15.5 Å². The van der Waals surface area contributed by atoms with Gasteiger partial charge in [-0.15, -0.1) is 0 Å². The fraction of sp³-hybridized carbons (Fsp3) is 0.500. The van der Waals surface area contributed by atoms with Crippen LogP contribution in [-0.2, 0) is 4.79 Å². The van der Waals surface area contributed by atoms with Crippen molar-refractivity contribution in [3.63, 3.8) is 0 Å². The first-order valence-corrected chi connectivity index (χ1v) is 11.9. The van der Waals surface area contributed by atoms with E-state index in [0.29, 0.717) is 6.04 Å². The van der Waals surface area contributed by atoms with Crippen LogP contribution in [0.4, 0.5) is 10.1 Å². The molecule has 2 aliphatic rings. The van der Waals surface area contributed by atoms with Crippen molar-refractivity contribution in [2.45, 2.75) is 50.2 Å². The van der Waals surface area contributed by atoms with Crippen molar-refractivity contribution in [1.29, 1.82) is 0 Å². The number of carbonyl (C=O) groups is 1. The summed E-state index contributed by atoms with van der Waals surface area (Å²) in [5, 5.41) is 6.65. The fourth-order valence-corrected chi connectivity index (χ4v) is 5.14. The first-order valence-electron chi connectivity index (χ1n) is 11.9. The lowest BCUT2D eigenvalue weighted by Gasteiger charge is -2.43. The summed E-state index contributed by atoms with van der Waals surface area (Å²) in [6, 6.07) is 17.0. The molecule has 4 rings (SSSR count). The van der Waals surface area contributed by atoms with E-state index in [2.05, 4.69) is 32.6 Å². The van der Waals surface area contributed by atoms with Gasteiger partial charge in [-0.05, 0) is 49.7 Å². The Kier molecular flexibility index (Phi) is 7.76. The first-order chi connectivity index (χ1) is 15.7. The number of nitrogens with one attached hydrogen (secondary N) is 2. The Morgan fingerprint density at radius 1 is 0.938 bits per heavy atom. The van der Waals surface area contributed by atoms with Crippen molar-refractivity contribution in [3.8, 4) is 0 Å². The van der Waals surface area contributed by atoms with Gasteiger partial charge in [0.25, 0.3) is 0 Å². The molecular weight excluding hydrogens is 403 g/mol. The number of hydrogen-bond donors (Lipinski definition) is 2. The van der Waals surface area contributed by atoms with Crippen molar-refractivity contribution in [2.24, 2.45) is 0 Å². The molecular formula is C26H35FN4O. The maximum Gasteiger partial charge on any atom is 0.239 e. The summed E-state index contributed by atoms with van der Waals surface area (Å²) in [5.41, 5.74) is 2.20. The van der Waals surface area contributed by atoms with Gasteiger partial charge in [0.2, 0.25) is 5.91 Å². The summed E-state index contributed by atoms with van der Waals surface area (Å²) in [6.07, 6.45) is 5.82. The monoisotopic (exact) mass is 438 g/mol. The molecule has 1 saturated heterocycles. The molecule has 0 aromatic heterocycles.